The molecule has 132 valence electrons. The topological polar surface area (TPSA) is 67.4 Å². The molecule has 0 aliphatic heterocycles. The summed E-state index contributed by atoms with van der Waals surface area (Å²) in [6, 6.07) is 14.4. The molecular weight excluding hydrogens is 316 g/mol. The third kappa shape index (κ3) is 5.64. The zero-order chi connectivity index (χ0) is 18.4. The highest BCUT2D eigenvalue weighted by molar-refractivity contribution is 5.92. The van der Waals surface area contributed by atoms with Crippen LogP contribution in [0.2, 0.25) is 0 Å². The van der Waals surface area contributed by atoms with Crippen molar-refractivity contribution in [2.75, 3.05) is 10.6 Å². The molecule has 2 aromatic carbocycles. The van der Waals surface area contributed by atoms with Crippen molar-refractivity contribution in [2.24, 2.45) is 11.8 Å². The molecule has 0 unspecified atom stereocenters. The summed E-state index contributed by atoms with van der Waals surface area (Å²) in [5.41, 5.74) is 1.47. The predicted molar refractivity (Wildman–Crippen MR) is 99.9 cm³/mol. The van der Waals surface area contributed by atoms with E-state index in [0.717, 1.165) is 11.4 Å². The first-order valence-electron chi connectivity index (χ1n) is 8.35. The Morgan fingerprint density at radius 2 is 1.00 bits per heavy atom. The summed E-state index contributed by atoms with van der Waals surface area (Å²) in [7, 11) is 0. The lowest BCUT2D eigenvalue weighted by Crippen LogP contribution is -2.17. The summed E-state index contributed by atoms with van der Waals surface area (Å²) >= 11 is 0. The molecule has 0 saturated heterocycles. The monoisotopic (exact) mass is 340 g/mol. The van der Waals surface area contributed by atoms with Gasteiger partial charge >= 0.3 is 0 Å². The number of ether oxygens (including phenoxy) is 1. The van der Waals surface area contributed by atoms with Gasteiger partial charge in [0.15, 0.2) is 0 Å². The second-order valence-electron chi connectivity index (χ2n) is 6.44. The van der Waals surface area contributed by atoms with E-state index < -0.39 is 0 Å². The molecule has 2 rings (SSSR count). The Kier molecular flexibility index (Phi) is 6.17. The van der Waals surface area contributed by atoms with Gasteiger partial charge in [0.05, 0.1) is 0 Å². The minimum Gasteiger partial charge on any atom is -0.457 e. The molecule has 0 atom stereocenters. The maximum Gasteiger partial charge on any atom is 0.226 e. The fourth-order valence-electron chi connectivity index (χ4n) is 1.92. The van der Waals surface area contributed by atoms with Crippen molar-refractivity contribution in [3.05, 3.63) is 48.5 Å². The van der Waals surface area contributed by atoms with Crippen LogP contribution in [-0.2, 0) is 9.59 Å². The third-order valence-electron chi connectivity index (χ3n) is 3.53. The van der Waals surface area contributed by atoms with Crippen LogP contribution in [0.15, 0.2) is 48.5 Å². The zero-order valence-corrected chi connectivity index (χ0v) is 15.0. The van der Waals surface area contributed by atoms with Gasteiger partial charge in [-0.15, -0.1) is 0 Å². The highest BCUT2D eigenvalue weighted by atomic mass is 16.5. The van der Waals surface area contributed by atoms with E-state index in [0.29, 0.717) is 11.5 Å². The summed E-state index contributed by atoms with van der Waals surface area (Å²) in [5.74, 6) is 1.17. The second-order valence-corrected chi connectivity index (χ2v) is 6.44. The van der Waals surface area contributed by atoms with E-state index in [1.54, 1.807) is 48.5 Å². The molecule has 2 aromatic rings. The number of rotatable bonds is 6. The van der Waals surface area contributed by atoms with Gasteiger partial charge in [0.25, 0.3) is 0 Å². The van der Waals surface area contributed by atoms with E-state index in [1.807, 2.05) is 27.7 Å². The molecule has 0 bridgehead atoms. The molecule has 2 N–H and O–H groups in total. The third-order valence-corrected chi connectivity index (χ3v) is 3.53. The first-order chi connectivity index (χ1) is 11.8. The molecule has 5 nitrogen and oxygen atoms in total. The van der Waals surface area contributed by atoms with Crippen LogP contribution in [0.4, 0.5) is 11.4 Å². The number of benzene rings is 2. The Hall–Kier alpha value is -2.82. The number of nitrogens with one attached hydrogen (secondary N) is 2. The first kappa shape index (κ1) is 18.5. The van der Waals surface area contributed by atoms with Gasteiger partial charge in [-0.05, 0) is 48.5 Å². The lowest BCUT2D eigenvalue weighted by molar-refractivity contribution is -0.119. The van der Waals surface area contributed by atoms with Crippen LogP contribution in [-0.4, -0.2) is 11.8 Å². The van der Waals surface area contributed by atoms with E-state index in [2.05, 4.69) is 10.6 Å². The molecule has 0 fully saturated rings. The fraction of sp³-hybridized carbons (Fsp3) is 0.300. The van der Waals surface area contributed by atoms with Gasteiger partial charge in [0.1, 0.15) is 11.5 Å². The fourth-order valence-corrected chi connectivity index (χ4v) is 1.92. The summed E-state index contributed by atoms with van der Waals surface area (Å²) in [5, 5.41) is 5.66. The van der Waals surface area contributed by atoms with Crippen LogP contribution in [0.25, 0.3) is 0 Å². The van der Waals surface area contributed by atoms with Crippen LogP contribution < -0.4 is 15.4 Å². The van der Waals surface area contributed by atoms with E-state index in [4.69, 9.17) is 4.74 Å². The molecule has 2 amide bonds. The van der Waals surface area contributed by atoms with Crippen molar-refractivity contribution in [3.8, 4) is 11.5 Å². The normalized spacial score (nSPS) is 10.6. The maximum atomic E-state index is 11.7. The van der Waals surface area contributed by atoms with E-state index >= 15 is 0 Å². The number of hydrogen-bond donors (Lipinski definition) is 2. The molecule has 0 aliphatic rings. The number of anilines is 2. The van der Waals surface area contributed by atoms with Crippen molar-refractivity contribution in [2.45, 2.75) is 27.7 Å². The SMILES string of the molecule is CC(C)C(=O)Nc1ccc(Oc2ccc(NC(=O)C(C)C)cc2)cc1. The lowest BCUT2D eigenvalue weighted by atomic mass is 10.2. The predicted octanol–water partition coefficient (Wildman–Crippen LogP) is 4.67. The van der Waals surface area contributed by atoms with E-state index in [1.165, 1.54) is 0 Å². The van der Waals surface area contributed by atoms with Crippen LogP contribution in [0.1, 0.15) is 27.7 Å². The molecular formula is C20H24N2O3. The Balaban J connectivity index is 1.95. The number of hydrogen-bond acceptors (Lipinski definition) is 3. The van der Waals surface area contributed by atoms with Gasteiger partial charge < -0.3 is 15.4 Å². The summed E-state index contributed by atoms with van der Waals surface area (Å²) < 4.78 is 5.77. The van der Waals surface area contributed by atoms with Crippen molar-refractivity contribution in [1.82, 2.24) is 0 Å². The first-order valence-corrected chi connectivity index (χ1v) is 8.35. The van der Waals surface area contributed by atoms with Crippen molar-refractivity contribution in [1.29, 1.82) is 0 Å². The standard InChI is InChI=1S/C20H24N2O3/c1-13(2)19(23)21-15-5-9-17(10-6-15)25-18-11-7-16(8-12-18)22-20(24)14(3)4/h5-14H,1-4H3,(H,21,23)(H,22,24). The smallest absolute Gasteiger partial charge is 0.226 e. The van der Waals surface area contributed by atoms with Crippen LogP contribution >= 0.6 is 0 Å². The van der Waals surface area contributed by atoms with Crippen LogP contribution in [0.3, 0.4) is 0 Å². The minimum absolute atomic E-state index is 0.0206. The largest absolute Gasteiger partial charge is 0.457 e. The van der Waals surface area contributed by atoms with Crippen molar-refractivity contribution in [3.63, 3.8) is 0 Å². The number of carbonyl (C=O) groups excluding carboxylic acids is 2. The molecule has 0 saturated carbocycles. The zero-order valence-electron chi connectivity index (χ0n) is 15.0. The Labute approximate surface area is 148 Å². The second kappa shape index (κ2) is 8.33. The summed E-state index contributed by atoms with van der Waals surface area (Å²) in [6.45, 7) is 7.39. The highest BCUT2D eigenvalue weighted by Gasteiger charge is 2.08. The quantitative estimate of drug-likeness (QED) is 0.803. The average Bonchev–Trinajstić information content (AvgIpc) is 2.58. The molecule has 0 spiro atoms. The lowest BCUT2D eigenvalue weighted by Gasteiger charge is -2.11. The van der Waals surface area contributed by atoms with Crippen LogP contribution in [0, 0.1) is 11.8 Å². The van der Waals surface area contributed by atoms with Crippen LogP contribution in [0.5, 0.6) is 11.5 Å². The van der Waals surface area contributed by atoms with Crippen molar-refractivity contribution >= 4 is 23.2 Å². The maximum absolute atomic E-state index is 11.7. The highest BCUT2D eigenvalue weighted by Crippen LogP contribution is 2.24. The molecule has 0 aliphatic carbocycles. The Morgan fingerprint density at radius 3 is 1.28 bits per heavy atom. The summed E-state index contributed by atoms with van der Waals surface area (Å²) in [4.78, 5) is 23.3. The van der Waals surface area contributed by atoms with Gasteiger partial charge in [0.2, 0.25) is 11.8 Å². The van der Waals surface area contributed by atoms with Gasteiger partial charge in [-0.1, -0.05) is 27.7 Å². The minimum atomic E-state index is -0.0642. The van der Waals surface area contributed by atoms with Crippen molar-refractivity contribution < 1.29 is 14.3 Å². The number of amides is 2. The number of carbonyl (C=O) groups is 2. The van der Waals surface area contributed by atoms with Gasteiger partial charge in [-0.25, -0.2) is 0 Å². The summed E-state index contributed by atoms with van der Waals surface area (Å²) in [6.07, 6.45) is 0. The Bertz CT molecular complexity index is 656. The van der Waals surface area contributed by atoms with Gasteiger partial charge in [0, 0.05) is 23.2 Å². The average molecular weight is 340 g/mol. The van der Waals surface area contributed by atoms with Gasteiger partial charge in [-0.3, -0.25) is 9.59 Å². The molecule has 0 heterocycles. The molecule has 0 radical (unpaired) electrons. The Morgan fingerprint density at radius 1 is 0.680 bits per heavy atom. The molecule has 0 aromatic heterocycles. The van der Waals surface area contributed by atoms with E-state index in [9.17, 15) is 9.59 Å². The molecule has 5 heteroatoms. The molecule has 25 heavy (non-hydrogen) atoms. The van der Waals surface area contributed by atoms with Gasteiger partial charge in [-0.2, -0.15) is 0 Å². The van der Waals surface area contributed by atoms with E-state index in [-0.39, 0.29) is 23.7 Å².